The fraction of sp³-hybridized carbons (Fsp3) is 0.571. The van der Waals surface area contributed by atoms with E-state index in [1.165, 1.54) is 12.0 Å². The monoisotopic (exact) mass is 236 g/mol. The topological polar surface area (TPSA) is 38.5 Å². The average molecular weight is 236 g/mol. The molecule has 0 fully saturated rings. The van der Waals surface area contributed by atoms with Crippen LogP contribution in [-0.2, 0) is 6.42 Å². The summed E-state index contributed by atoms with van der Waals surface area (Å²) in [5.41, 5.74) is 6.77. The van der Waals surface area contributed by atoms with E-state index in [0.29, 0.717) is 6.54 Å². The molecule has 96 valence electrons. The number of benzene rings is 1. The molecule has 0 aliphatic heterocycles. The van der Waals surface area contributed by atoms with Crippen LogP contribution in [0.1, 0.15) is 18.9 Å². The number of rotatable bonds is 8. The van der Waals surface area contributed by atoms with Gasteiger partial charge in [0.1, 0.15) is 12.4 Å². The summed E-state index contributed by atoms with van der Waals surface area (Å²) in [5, 5.41) is 0. The summed E-state index contributed by atoms with van der Waals surface area (Å²) in [4.78, 5) is 2.28. The van der Waals surface area contributed by atoms with Gasteiger partial charge in [0.25, 0.3) is 0 Å². The van der Waals surface area contributed by atoms with Crippen LogP contribution in [0.2, 0.25) is 0 Å². The van der Waals surface area contributed by atoms with Crippen LogP contribution in [0.5, 0.6) is 5.75 Å². The van der Waals surface area contributed by atoms with Gasteiger partial charge in [-0.15, -0.1) is 0 Å². The summed E-state index contributed by atoms with van der Waals surface area (Å²) in [5.74, 6) is 0.940. The Bertz CT molecular complexity index is 298. The molecule has 17 heavy (non-hydrogen) atoms. The predicted octanol–water partition coefficient (Wildman–Crippen LogP) is 1.91. The third-order valence-corrected chi connectivity index (χ3v) is 2.70. The van der Waals surface area contributed by atoms with E-state index in [1.807, 2.05) is 12.1 Å². The molecular weight excluding hydrogens is 212 g/mol. The molecule has 0 amide bonds. The zero-order valence-electron chi connectivity index (χ0n) is 11.0. The van der Waals surface area contributed by atoms with Gasteiger partial charge in [-0.3, -0.25) is 0 Å². The number of nitrogens with two attached hydrogens (primary N) is 1. The Morgan fingerprint density at radius 3 is 2.47 bits per heavy atom. The molecule has 0 aliphatic carbocycles. The van der Waals surface area contributed by atoms with E-state index in [0.717, 1.165) is 31.9 Å². The smallest absolute Gasteiger partial charge is 0.119 e. The van der Waals surface area contributed by atoms with E-state index in [2.05, 4.69) is 31.0 Å². The molecule has 3 nitrogen and oxygen atoms in total. The van der Waals surface area contributed by atoms with Crippen LogP contribution >= 0.6 is 0 Å². The maximum absolute atomic E-state index is 5.68. The zero-order valence-corrected chi connectivity index (χ0v) is 11.0. The highest BCUT2D eigenvalue weighted by Crippen LogP contribution is 2.12. The molecule has 1 rings (SSSR count). The second kappa shape index (κ2) is 8.09. The van der Waals surface area contributed by atoms with Crippen molar-refractivity contribution in [3.63, 3.8) is 0 Å². The fourth-order valence-corrected chi connectivity index (χ4v) is 1.73. The van der Waals surface area contributed by atoms with Crippen molar-refractivity contribution in [2.75, 3.05) is 33.3 Å². The highest BCUT2D eigenvalue weighted by molar-refractivity contribution is 5.27. The number of hydrogen-bond donors (Lipinski definition) is 1. The molecule has 0 bridgehead atoms. The third-order valence-electron chi connectivity index (χ3n) is 2.70. The van der Waals surface area contributed by atoms with Crippen LogP contribution in [0, 0.1) is 0 Å². The van der Waals surface area contributed by atoms with Gasteiger partial charge in [-0.05, 0) is 50.7 Å². The minimum atomic E-state index is 0.696. The Hall–Kier alpha value is -1.06. The molecule has 2 N–H and O–H groups in total. The lowest BCUT2D eigenvalue weighted by Crippen LogP contribution is -2.24. The highest BCUT2D eigenvalue weighted by atomic mass is 16.5. The molecule has 0 aliphatic rings. The Balaban J connectivity index is 2.27. The van der Waals surface area contributed by atoms with Crippen LogP contribution < -0.4 is 10.5 Å². The largest absolute Gasteiger partial charge is 0.492 e. The lowest BCUT2D eigenvalue weighted by molar-refractivity contribution is 0.237. The van der Waals surface area contributed by atoms with Crippen molar-refractivity contribution in [2.24, 2.45) is 5.73 Å². The number of likely N-dealkylation sites (N-methyl/N-ethyl adjacent to an activating group) is 1. The van der Waals surface area contributed by atoms with Crippen LogP contribution in [-0.4, -0.2) is 38.2 Å². The molecule has 0 saturated carbocycles. The molecule has 0 spiro atoms. The van der Waals surface area contributed by atoms with E-state index in [9.17, 15) is 0 Å². The maximum atomic E-state index is 5.68. The third kappa shape index (κ3) is 5.71. The van der Waals surface area contributed by atoms with Crippen molar-refractivity contribution in [3.8, 4) is 5.75 Å². The average Bonchev–Trinajstić information content (AvgIpc) is 2.32. The van der Waals surface area contributed by atoms with E-state index >= 15 is 0 Å². The van der Waals surface area contributed by atoms with E-state index in [4.69, 9.17) is 10.5 Å². The van der Waals surface area contributed by atoms with Gasteiger partial charge in [0.15, 0.2) is 0 Å². The normalized spacial score (nSPS) is 10.8. The van der Waals surface area contributed by atoms with Gasteiger partial charge in [0.2, 0.25) is 0 Å². The Labute approximate surface area is 105 Å². The summed E-state index contributed by atoms with van der Waals surface area (Å²) >= 11 is 0. The first-order valence-corrected chi connectivity index (χ1v) is 6.36. The van der Waals surface area contributed by atoms with Crippen LogP contribution in [0.4, 0.5) is 0 Å². The van der Waals surface area contributed by atoms with Crippen molar-refractivity contribution in [1.82, 2.24) is 4.90 Å². The summed E-state index contributed by atoms with van der Waals surface area (Å²) in [6.07, 6.45) is 2.11. The molecule has 0 saturated heterocycles. The highest BCUT2D eigenvalue weighted by Gasteiger charge is 1.98. The second-order valence-electron chi connectivity index (χ2n) is 4.33. The van der Waals surface area contributed by atoms with Gasteiger partial charge in [0, 0.05) is 6.54 Å². The molecule has 0 radical (unpaired) electrons. The SMILES string of the molecule is CCCN(C)CCOc1ccc(CCN)cc1. The molecule has 1 aromatic carbocycles. The van der Waals surface area contributed by atoms with Gasteiger partial charge in [-0.2, -0.15) is 0 Å². The van der Waals surface area contributed by atoms with Crippen LogP contribution in [0.25, 0.3) is 0 Å². The lowest BCUT2D eigenvalue weighted by Gasteiger charge is -2.15. The Morgan fingerprint density at radius 2 is 1.88 bits per heavy atom. The molecular formula is C14H24N2O. The molecule has 0 aromatic heterocycles. The quantitative estimate of drug-likeness (QED) is 0.749. The first-order chi connectivity index (χ1) is 8.26. The minimum absolute atomic E-state index is 0.696. The minimum Gasteiger partial charge on any atom is -0.492 e. The van der Waals surface area contributed by atoms with Gasteiger partial charge in [-0.25, -0.2) is 0 Å². The second-order valence-corrected chi connectivity index (χ2v) is 4.33. The summed E-state index contributed by atoms with van der Waals surface area (Å²) in [6.45, 7) is 5.72. The van der Waals surface area contributed by atoms with Gasteiger partial charge in [0.05, 0.1) is 0 Å². The van der Waals surface area contributed by atoms with Crippen molar-refractivity contribution < 1.29 is 4.74 Å². The van der Waals surface area contributed by atoms with E-state index in [1.54, 1.807) is 0 Å². The number of ether oxygens (including phenoxy) is 1. The first-order valence-electron chi connectivity index (χ1n) is 6.36. The Morgan fingerprint density at radius 1 is 1.18 bits per heavy atom. The summed E-state index contributed by atoms with van der Waals surface area (Å²) in [6, 6.07) is 8.20. The first kappa shape index (κ1) is 14.0. The predicted molar refractivity (Wildman–Crippen MR) is 72.5 cm³/mol. The molecule has 0 unspecified atom stereocenters. The Kier molecular flexibility index (Phi) is 6.67. The van der Waals surface area contributed by atoms with Crippen molar-refractivity contribution in [3.05, 3.63) is 29.8 Å². The number of hydrogen-bond acceptors (Lipinski definition) is 3. The molecule has 0 heterocycles. The van der Waals surface area contributed by atoms with Gasteiger partial charge in [-0.1, -0.05) is 19.1 Å². The van der Waals surface area contributed by atoms with Crippen LogP contribution in [0.3, 0.4) is 0 Å². The number of nitrogens with zero attached hydrogens (tertiary/aromatic N) is 1. The zero-order chi connectivity index (χ0) is 12.5. The summed E-state index contributed by atoms with van der Waals surface area (Å²) in [7, 11) is 2.12. The molecule has 3 heteroatoms. The van der Waals surface area contributed by atoms with Crippen LogP contribution in [0.15, 0.2) is 24.3 Å². The lowest BCUT2D eigenvalue weighted by atomic mass is 10.1. The van der Waals surface area contributed by atoms with E-state index in [-0.39, 0.29) is 0 Å². The van der Waals surface area contributed by atoms with E-state index < -0.39 is 0 Å². The fourth-order valence-electron chi connectivity index (χ4n) is 1.73. The molecule has 1 aromatic rings. The standard InChI is InChI=1S/C14H24N2O/c1-3-10-16(2)11-12-17-14-6-4-13(5-7-14)8-9-15/h4-7H,3,8-12,15H2,1-2H3. The van der Waals surface area contributed by atoms with Gasteiger partial charge >= 0.3 is 0 Å². The van der Waals surface area contributed by atoms with Crippen molar-refractivity contribution >= 4 is 0 Å². The van der Waals surface area contributed by atoms with Crippen molar-refractivity contribution in [1.29, 1.82) is 0 Å². The maximum Gasteiger partial charge on any atom is 0.119 e. The molecule has 0 atom stereocenters. The van der Waals surface area contributed by atoms with Crippen molar-refractivity contribution in [2.45, 2.75) is 19.8 Å². The summed E-state index contributed by atoms with van der Waals surface area (Å²) < 4.78 is 5.68. The van der Waals surface area contributed by atoms with Gasteiger partial charge < -0.3 is 15.4 Å².